The third-order valence-corrected chi connectivity index (χ3v) is 2.24. The number of aromatic nitrogens is 2. The molecule has 0 amide bonds. The molecule has 0 spiro atoms. The van der Waals surface area contributed by atoms with Crippen LogP contribution in [0, 0.1) is 0 Å². The molecule has 0 aliphatic carbocycles. The molecule has 0 unspecified atom stereocenters. The van der Waals surface area contributed by atoms with Crippen LogP contribution in [0.3, 0.4) is 0 Å². The molecule has 0 aliphatic rings. The van der Waals surface area contributed by atoms with Gasteiger partial charge in [-0.3, -0.25) is 0 Å². The fraction of sp³-hybridized carbons (Fsp3) is 0.333. The number of methoxy groups -OCH3 is 2. The highest BCUT2D eigenvalue weighted by Crippen LogP contribution is 2.31. The maximum absolute atomic E-state index is 5.69. The van der Waals surface area contributed by atoms with Crippen LogP contribution in [0.1, 0.15) is 13.8 Å². The van der Waals surface area contributed by atoms with Crippen LogP contribution >= 0.6 is 11.6 Å². The second kappa shape index (κ2) is 6.25. The van der Waals surface area contributed by atoms with Crippen molar-refractivity contribution in [1.29, 1.82) is 0 Å². The van der Waals surface area contributed by atoms with Crippen LogP contribution in [0.4, 0.5) is 0 Å². The lowest BCUT2D eigenvalue weighted by Crippen LogP contribution is -1.92. The molecule has 1 heterocycles. The zero-order chi connectivity index (χ0) is 12.8. The fourth-order valence-electron chi connectivity index (χ4n) is 1.34. The molecule has 4 nitrogen and oxygen atoms in total. The van der Waals surface area contributed by atoms with Gasteiger partial charge in [0, 0.05) is 17.6 Å². The van der Waals surface area contributed by atoms with Crippen LogP contribution in [-0.4, -0.2) is 24.2 Å². The highest BCUT2D eigenvalue weighted by Gasteiger charge is 2.07. The number of hydrogen-bond acceptors (Lipinski definition) is 4. The van der Waals surface area contributed by atoms with Crippen molar-refractivity contribution in [1.82, 2.24) is 9.97 Å². The molecule has 0 saturated heterocycles. The van der Waals surface area contributed by atoms with Crippen molar-refractivity contribution in [3.63, 3.8) is 0 Å². The summed E-state index contributed by atoms with van der Waals surface area (Å²) in [6, 6.07) is 3.58. The van der Waals surface area contributed by atoms with Crippen molar-refractivity contribution in [2.45, 2.75) is 13.8 Å². The largest absolute Gasteiger partial charge is 0.493 e. The maximum atomic E-state index is 5.69. The smallest absolute Gasteiger partial charge is 0.222 e. The van der Waals surface area contributed by atoms with E-state index in [0.29, 0.717) is 11.5 Å². The predicted molar refractivity (Wildman–Crippen MR) is 69.0 cm³/mol. The van der Waals surface area contributed by atoms with Gasteiger partial charge in [0.2, 0.25) is 5.28 Å². The van der Waals surface area contributed by atoms with E-state index in [4.69, 9.17) is 21.1 Å². The summed E-state index contributed by atoms with van der Waals surface area (Å²) in [5.41, 5.74) is 0.729. The van der Waals surface area contributed by atoms with Gasteiger partial charge in [0.15, 0.2) is 11.5 Å². The molecular weight excluding hydrogens is 240 g/mol. The summed E-state index contributed by atoms with van der Waals surface area (Å²) < 4.78 is 10.3. The van der Waals surface area contributed by atoms with Gasteiger partial charge in [0.25, 0.3) is 0 Å². The standard InChI is InChI=1S/C10H9ClN2O2.C2H6/c1-14-8-3-6-5-12-10(11)13-7(6)4-9(8)15-2;1-2/h3-5H,1-2H3;1-2H3. The first kappa shape index (κ1) is 13.5. The summed E-state index contributed by atoms with van der Waals surface area (Å²) in [5, 5.41) is 1.08. The van der Waals surface area contributed by atoms with Crippen molar-refractivity contribution < 1.29 is 9.47 Å². The number of fused-ring (bicyclic) bond motifs is 1. The van der Waals surface area contributed by atoms with E-state index in [2.05, 4.69) is 9.97 Å². The Labute approximate surface area is 106 Å². The van der Waals surface area contributed by atoms with Crippen LogP contribution in [0.2, 0.25) is 5.28 Å². The molecule has 2 rings (SSSR count). The first-order valence-electron chi connectivity index (χ1n) is 5.29. The Morgan fingerprint density at radius 2 is 1.65 bits per heavy atom. The molecule has 1 aromatic carbocycles. The van der Waals surface area contributed by atoms with E-state index in [-0.39, 0.29) is 5.28 Å². The van der Waals surface area contributed by atoms with Gasteiger partial charge in [0.1, 0.15) is 0 Å². The second-order valence-electron chi connectivity index (χ2n) is 2.91. The monoisotopic (exact) mass is 254 g/mol. The third kappa shape index (κ3) is 2.97. The van der Waals surface area contributed by atoms with E-state index in [9.17, 15) is 0 Å². The number of hydrogen-bond donors (Lipinski definition) is 0. The fourth-order valence-corrected chi connectivity index (χ4v) is 1.48. The number of ether oxygens (including phenoxy) is 2. The highest BCUT2D eigenvalue weighted by atomic mass is 35.5. The molecule has 0 fully saturated rings. The minimum absolute atomic E-state index is 0.217. The third-order valence-electron chi connectivity index (χ3n) is 2.06. The van der Waals surface area contributed by atoms with Gasteiger partial charge in [-0.25, -0.2) is 9.97 Å². The topological polar surface area (TPSA) is 44.2 Å². The minimum Gasteiger partial charge on any atom is -0.493 e. The minimum atomic E-state index is 0.217. The summed E-state index contributed by atoms with van der Waals surface area (Å²) in [4.78, 5) is 7.97. The maximum Gasteiger partial charge on any atom is 0.222 e. The molecule has 5 heteroatoms. The highest BCUT2D eigenvalue weighted by molar-refractivity contribution is 6.28. The number of benzene rings is 1. The van der Waals surface area contributed by atoms with Crippen molar-refractivity contribution >= 4 is 22.5 Å². The van der Waals surface area contributed by atoms with E-state index >= 15 is 0 Å². The van der Waals surface area contributed by atoms with Crippen molar-refractivity contribution in [3.8, 4) is 11.5 Å². The Morgan fingerprint density at radius 1 is 1.06 bits per heavy atom. The van der Waals surface area contributed by atoms with Gasteiger partial charge >= 0.3 is 0 Å². The van der Waals surface area contributed by atoms with Crippen LogP contribution < -0.4 is 9.47 Å². The van der Waals surface area contributed by atoms with Crippen molar-refractivity contribution in [2.75, 3.05) is 14.2 Å². The zero-order valence-corrected chi connectivity index (χ0v) is 11.1. The van der Waals surface area contributed by atoms with Crippen LogP contribution in [0.5, 0.6) is 11.5 Å². The van der Waals surface area contributed by atoms with Gasteiger partial charge < -0.3 is 9.47 Å². The summed E-state index contributed by atoms with van der Waals surface area (Å²) in [7, 11) is 3.16. The van der Waals surface area contributed by atoms with Crippen LogP contribution in [-0.2, 0) is 0 Å². The zero-order valence-electron chi connectivity index (χ0n) is 10.3. The van der Waals surface area contributed by atoms with Gasteiger partial charge in [-0.1, -0.05) is 13.8 Å². The molecule has 0 atom stereocenters. The molecule has 0 radical (unpaired) electrons. The first-order chi connectivity index (χ1) is 8.24. The number of nitrogens with zero attached hydrogens (tertiary/aromatic N) is 2. The van der Waals surface area contributed by atoms with E-state index in [1.807, 2.05) is 19.9 Å². The molecule has 0 N–H and O–H groups in total. The Hall–Kier alpha value is -1.55. The molecule has 0 bridgehead atoms. The number of rotatable bonds is 2. The molecule has 0 aliphatic heterocycles. The lowest BCUT2D eigenvalue weighted by molar-refractivity contribution is 0.356. The SMILES string of the molecule is CC.COc1cc2cnc(Cl)nc2cc1OC. The van der Waals surface area contributed by atoms with Crippen LogP contribution in [0.25, 0.3) is 10.9 Å². The summed E-state index contributed by atoms with van der Waals surface area (Å²) in [6.45, 7) is 4.00. The average molecular weight is 255 g/mol. The quantitative estimate of drug-likeness (QED) is 0.771. The Balaban J connectivity index is 0.000000686. The second-order valence-corrected chi connectivity index (χ2v) is 3.24. The van der Waals surface area contributed by atoms with Gasteiger partial charge in [0.05, 0.1) is 19.7 Å². The van der Waals surface area contributed by atoms with Gasteiger partial charge in [-0.2, -0.15) is 0 Å². The normalized spacial score (nSPS) is 9.47. The molecule has 2 aromatic rings. The Kier molecular flexibility index (Phi) is 4.97. The average Bonchev–Trinajstić information content (AvgIpc) is 2.39. The molecular formula is C12H15ClN2O2. The first-order valence-corrected chi connectivity index (χ1v) is 5.66. The summed E-state index contributed by atoms with van der Waals surface area (Å²) in [6.07, 6.45) is 1.65. The molecule has 0 saturated carbocycles. The van der Waals surface area contributed by atoms with Crippen molar-refractivity contribution in [3.05, 3.63) is 23.6 Å². The van der Waals surface area contributed by atoms with E-state index < -0.39 is 0 Å². The van der Waals surface area contributed by atoms with E-state index in [1.54, 1.807) is 26.5 Å². The van der Waals surface area contributed by atoms with Crippen LogP contribution in [0.15, 0.2) is 18.3 Å². The van der Waals surface area contributed by atoms with E-state index in [1.165, 1.54) is 0 Å². The predicted octanol–water partition coefficient (Wildman–Crippen LogP) is 3.33. The Bertz CT molecular complexity index is 503. The van der Waals surface area contributed by atoms with Gasteiger partial charge in [-0.15, -0.1) is 0 Å². The number of halogens is 1. The molecule has 92 valence electrons. The summed E-state index contributed by atoms with van der Waals surface area (Å²) in [5.74, 6) is 1.27. The van der Waals surface area contributed by atoms with Gasteiger partial charge in [-0.05, 0) is 17.7 Å². The molecule has 17 heavy (non-hydrogen) atoms. The Morgan fingerprint density at radius 3 is 2.24 bits per heavy atom. The molecule has 1 aromatic heterocycles. The lowest BCUT2D eigenvalue weighted by atomic mass is 10.2. The summed E-state index contributed by atoms with van der Waals surface area (Å²) >= 11 is 5.69. The van der Waals surface area contributed by atoms with E-state index in [0.717, 1.165) is 10.9 Å². The van der Waals surface area contributed by atoms with Crippen molar-refractivity contribution in [2.24, 2.45) is 0 Å². The lowest BCUT2D eigenvalue weighted by Gasteiger charge is -2.08.